The van der Waals surface area contributed by atoms with E-state index < -0.39 is 24.7 Å². The van der Waals surface area contributed by atoms with Crippen molar-refractivity contribution in [1.82, 2.24) is 4.98 Å². The van der Waals surface area contributed by atoms with Crippen LogP contribution in [0.5, 0.6) is 0 Å². The quantitative estimate of drug-likeness (QED) is 0.619. The van der Waals surface area contributed by atoms with Gasteiger partial charge in [-0.3, -0.25) is 0 Å². The van der Waals surface area contributed by atoms with E-state index in [1.807, 2.05) is 27.7 Å². The molecule has 104 valence electrons. The summed E-state index contributed by atoms with van der Waals surface area (Å²) in [5, 5.41) is 0.0237. The zero-order chi connectivity index (χ0) is 14.4. The van der Waals surface area contributed by atoms with Crippen molar-refractivity contribution >= 4 is 24.2 Å². The maximum absolute atomic E-state index is 13.0. The molecule has 0 unspecified atom stereocenters. The molecule has 0 radical (unpaired) electrons. The van der Waals surface area contributed by atoms with Crippen LogP contribution in [0.25, 0.3) is 0 Å². The second-order valence-electron chi connectivity index (χ2n) is 5.52. The number of pyridine rings is 1. The summed E-state index contributed by atoms with van der Waals surface area (Å²) in [6.45, 7) is 7.44. The molecule has 1 aromatic rings. The first-order chi connectivity index (χ1) is 8.64. The van der Waals surface area contributed by atoms with Gasteiger partial charge in [-0.05, 0) is 33.8 Å². The van der Waals surface area contributed by atoms with Crippen molar-refractivity contribution < 1.29 is 18.1 Å². The minimum atomic E-state index is -2.66. The summed E-state index contributed by atoms with van der Waals surface area (Å²) in [6.07, 6.45) is -1.37. The van der Waals surface area contributed by atoms with Gasteiger partial charge < -0.3 is 9.31 Å². The topological polar surface area (TPSA) is 31.4 Å². The molecule has 1 aliphatic heterocycles. The largest absolute Gasteiger partial charge is 0.496 e. The zero-order valence-electron chi connectivity index (χ0n) is 11.2. The molecule has 1 aliphatic rings. The summed E-state index contributed by atoms with van der Waals surface area (Å²) < 4.78 is 37.6. The van der Waals surface area contributed by atoms with Gasteiger partial charge in [-0.1, -0.05) is 11.6 Å². The van der Waals surface area contributed by atoms with Crippen LogP contribution >= 0.6 is 11.6 Å². The van der Waals surface area contributed by atoms with Crippen LogP contribution < -0.4 is 5.46 Å². The van der Waals surface area contributed by atoms with Crippen LogP contribution in [0.1, 0.15) is 39.7 Å². The minimum Gasteiger partial charge on any atom is -0.399 e. The average molecular weight is 290 g/mol. The Morgan fingerprint density at radius 3 is 2.21 bits per heavy atom. The molecule has 1 aromatic heterocycles. The fraction of sp³-hybridized carbons (Fsp3) is 0.583. The second kappa shape index (κ2) is 4.68. The lowest BCUT2D eigenvalue weighted by atomic mass is 9.77. The number of alkyl halides is 2. The molecular weight excluding hydrogens is 274 g/mol. The Bertz CT molecular complexity index is 481. The van der Waals surface area contributed by atoms with E-state index in [-0.39, 0.29) is 16.2 Å². The van der Waals surface area contributed by atoms with Gasteiger partial charge in [0.15, 0.2) is 0 Å². The zero-order valence-corrected chi connectivity index (χ0v) is 12.0. The maximum Gasteiger partial charge on any atom is 0.496 e. The van der Waals surface area contributed by atoms with Crippen molar-refractivity contribution in [2.75, 3.05) is 0 Å². The van der Waals surface area contributed by atoms with Crippen LogP contribution in [0.2, 0.25) is 5.15 Å². The van der Waals surface area contributed by atoms with Crippen LogP contribution in [0.15, 0.2) is 12.3 Å². The van der Waals surface area contributed by atoms with Gasteiger partial charge in [0.2, 0.25) is 0 Å². The van der Waals surface area contributed by atoms with Gasteiger partial charge in [0.1, 0.15) is 5.15 Å². The Balaban J connectivity index is 2.39. The summed E-state index contributed by atoms with van der Waals surface area (Å²) in [4.78, 5) is 3.83. The van der Waals surface area contributed by atoms with Crippen LogP contribution in [-0.4, -0.2) is 23.3 Å². The molecule has 7 heteroatoms. The van der Waals surface area contributed by atoms with E-state index in [1.54, 1.807) is 0 Å². The monoisotopic (exact) mass is 289 g/mol. The van der Waals surface area contributed by atoms with E-state index in [2.05, 4.69) is 4.98 Å². The van der Waals surface area contributed by atoms with Crippen molar-refractivity contribution in [2.45, 2.75) is 45.3 Å². The van der Waals surface area contributed by atoms with Gasteiger partial charge in [-0.2, -0.15) is 0 Å². The predicted molar refractivity (Wildman–Crippen MR) is 69.9 cm³/mol. The van der Waals surface area contributed by atoms with Crippen LogP contribution in [0.4, 0.5) is 8.78 Å². The molecule has 0 bridgehead atoms. The summed E-state index contributed by atoms with van der Waals surface area (Å²) in [7, 11) is -0.862. The Morgan fingerprint density at radius 1 is 1.21 bits per heavy atom. The van der Waals surface area contributed by atoms with Crippen molar-refractivity contribution in [3.05, 3.63) is 23.0 Å². The molecule has 0 spiro atoms. The number of rotatable bonds is 2. The standard InChI is InChI=1S/C12H15BClF2NO2/c1-11(2)12(3,4)19-13(18-11)8-6-17-9(14)5-7(8)10(15)16/h5-6,10H,1-4H3. The highest BCUT2D eigenvalue weighted by Gasteiger charge is 2.52. The third kappa shape index (κ3) is 2.62. The second-order valence-corrected chi connectivity index (χ2v) is 5.91. The number of aromatic nitrogens is 1. The summed E-state index contributed by atoms with van der Waals surface area (Å²) in [6, 6.07) is 1.15. The molecule has 3 nitrogen and oxygen atoms in total. The smallest absolute Gasteiger partial charge is 0.399 e. The molecule has 1 saturated heterocycles. The molecule has 0 N–H and O–H groups in total. The lowest BCUT2D eigenvalue weighted by molar-refractivity contribution is 0.00578. The van der Waals surface area contributed by atoms with E-state index in [0.29, 0.717) is 0 Å². The molecule has 0 aliphatic carbocycles. The Morgan fingerprint density at radius 2 is 1.74 bits per heavy atom. The van der Waals surface area contributed by atoms with Crippen molar-refractivity contribution in [3.63, 3.8) is 0 Å². The molecule has 0 saturated carbocycles. The fourth-order valence-corrected chi connectivity index (χ4v) is 1.98. The van der Waals surface area contributed by atoms with E-state index >= 15 is 0 Å². The Kier molecular flexibility index (Phi) is 3.62. The molecule has 19 heavy (non-hydrogen) atoms. The Hall–Kier alpha value is -0.715. The van der Waals surface area contributed by atoms with Crippen molar-refractivity contribution in [2.24, 2.45) is 0 Å². The van der Waals surface area contributed by atoms with Gasteiger partial charge in [0.25, 0.3) is 6.43 Å². The fourth-order valence-electron chi connectivity index (χ4n) is 1.81. The van der Waals surface area contributed by atoms with Crippen LogP contribution in [-0.2, 0) is 9.31 Å². The van der Waals surface area contributed by atoms with E-state index in [9.17, 15) is 8.78 Å². The molecule has 0 amide bonds. The van der Waals surface area contributed by atoms with Gasteiger partial charge in [-0.15, -0.1) is 0 Å². The SMILES string of the molecule is CC1(C)OB(c2cnc(Cl)cc2C(F)F)OC1(C)C. The summed E-state index contributed by atoms with van der Waals surface area (Å²) in [5.74, 6) is 0. The van der Waals surface area contributed by atoms with E-state index in [0.717, 1.165) is 6.07 Å². The number of hydrogen-bond acceptors (Lipinski definition) is 3. The molecule has 0 aromatic carbocycles. The maximum atomic E-state index is 13.0. The number of halogens is 3. The van der Waals surface area contributed by atoms with Gasteiger partial charge >= 0.3 is 7.12 Å². The highest BCUT2D eigenvalue weighted by molar-refractivity contribution is 6.62. The normalized spacial score (nSPS) is 21.2. The summed E-state index contributed by atoms with van der Waals surface area (Å²) in [5.41, 5.74) is -1.16. The first-order valence-electron chi connectivity index (χ1n) is 5.93. The molecule has 2 rings (SSSR count). The first-order valence-corrected chi connectivity index (χ1v) is 6.31. The predicted octanol–water partition coefficient (Wildman–Crippen LogP) is 2.97. The highest BCUT2D eigenvalue weighted by atomic mass is 35.5. The minimum absolute atomic E-state index is 0.0237. The Labute approximate surface area is 116 Å². The van der Waals surface area contributed by atoms with Crippen LogP contribution in [0, 0.1) is 0 Å². The first kappa shape index (κ1) is 14.7. The average Bonchev–Trinajstić information content (AvgIpc) is 2.47. The highest BCUT2D eigenvalue weighted by Crippen LogP contribution is 2.37. The summed E-state index contributed by atoms with van der Waals surface area (Å²) >= 11 is 5.65. The molecule has 0 atom stereocenters. The van der Waals surface area contributed by atoms with E-state index in [4.69, 9.17) is 20.9 Å². The van der Waals surface area contributed by atoms with Gasteiger partial charge in [0, 0.05) is 17.2 Å². The molecule has 2 heterocycles. The third-order valence-electron chi connectivity index (χ3n) is 3.68. The van der Waals surface area contributed by atoms with Crippen LogP contribution in [0.3, 0.4) is 0 Å². The van der Waals surface area contributed by atoms with Crippen molar-refractivity contribution in [3.8, 4) is 0 Å². The third-order valence-corrected chi connectivity index (χ3v) is 3.88. The number of hydrogen-bond donors (Lipinski definition) is 0. The van der Waals surface area contributed by atoms with Gasteiger partial charge in [-0.25, -0.2) is 13.8 Å². The molecule has 1 fully saturated rings. The molecular formula is C12H15BClF2NO2. The lowest BCUT2D eigenvalue weighted by Crippen LogP contribution is -2.41. The lowest BCUT2D eigenvalue weighted by Gasteiger charge is -2.32. The van der Waals surface area contributed by atoms with Gasteiger partial charge in [0.05, 0.1) is 11.2 Å². The number of nitrogens with zero attached hydrogens (tertiary/aromatic N) is 1. The van der Waals surface area contributed by atoms with E-state index in [1.165, 1.54) is 6.20 Å². The van der Waals surface area contributed by atoms with Crippen molar-refractivity contribution in [1.29, 1.82) is 0 Å².